The lowest BCUT2D eigenvalue weighted by atomic mass is 9.77. The molecular formula is C26H26N2O4S. The lowest BCUT2D eigenvalue weighted by Gasteiger charge is -2.38. The number of benzene rings is 3. The van der Waals surface area contributed by atoms with Crippen LogP contribution in [0, 0.1) is 19.8 Å². The number of fused-ring (bicyclic) bond motifs is 3. The van der Waals surface area contributed by atoms with Crippen LogP contribution in [0.3, 0.4) is 0 Å². The first-order valence-electron chi connectivity index (χ1n) is 10.9. The summed E-state index contributed by atoms with van der Waals surface area (Å²) in [4.78, 5) is 0.215. The molecule has 33 heavy (non-hydrogen) atoms. The summed E-state index contributed by atoms with van der Waals surface area (Å²) in [7, 11) is -3.76. The maximum atomic E-state index is 13.2. The summed E-state index contributed by atoms with van der Waals surface area (Å²) in [6.07, 6.45) is 5.02. The SMILES string of the molecule is Cc1cc(C)cc(NS(=O)(=O)c2ccc3c(c2)C2C=CCC2C(c2ccc(O)cc2O)N3)c1. The summed E-state index contributed by atoms with van der Waals surface area (Å²) in [6, 6.07) is 15.2. The van der Waals surface area contributed by atoms with E-state index in [-0.39, 0.29) is 34.3 Å². The standard InChI is InChI=1S/C26H26N2O4S/c1-15-10-16(2)12-17(11-15)28-33(31,32)19-7-9-24-23(14-19)20-4-3-5-21(20)26(27-24)22-8-6-18(29)13-25(22)30/h3-4,6-14,20-21,26-30H,5H2,1-2H3. The van der Waals surface area contributed by atoms with Crippen LogP contribution >= 0.6 is 0 Å². The van der Waals surface area contributed by atoms with Crippen LogP contribution in [-0.4, -0.2) is 18.6 Å². The second-order valence-electron chi connectivity index (χ2n) is 8.95. The molecule has 3 aromatic rings. The third kappa shape index (κ3) is 3.93. The number of allylic oxidation sites excluding steroid dienone is 2. The fourth-order valence-electron chi connectivity index (χ4n) is 5.09. The quantitative estimate of drug-likeness (QED) is 0.392. The van der Waals surface area contributed by atoms with E-state index in [2.05, 4.69) is 22.2 Å². The first-order valence-corrected chi connectivity index (χ1v) is 12.4. The van der Waals surface area contributed by atoms with Crippen molar-refractivity contribution in [3.8, 4) is 11.5 Å². The number of phenols is 2. The number of aromatic hydroxyl groups is 2. The Bertz CT molecular complexity index is 1360. The summed E-state index contributed by atoms with van der Waals surface area (Å²) in [5.41, 5.74) is 5.00. The number of rotatable bonds is 4. The van der Waals surface area contributed by atoms with Crippen molar-refractivity contribution in [3.05, 3.63) is 89.0 Å². The van der Waals surface area contributed by atoms with Gasteiger partial charge in [-0.2, -0.15) is 0 Å². The zero-order valence-electron chi connectivity index (χ0n) is 18.4. The number of phenolic OH excluding ortho intramolecular Hbond substituents is 2. The molecule has 3 atom stereocenters. The topological polar surface area (TPSA) is 98.7 Å². The van der Waals surface area contributed by atoms with Crippen molar-refractivity contribution in [1.82, 2.24) is 0 Å². The van der Waals surface area contributed by atoms with Crippen molar-refractivity contribution in [2.24, 2.45) is 5.92 Å². The van der Waals surface area contributed by atoms with Crippen LogP contribution in [0.4, 0.5) is 11.4 Å². The molecule has 0 radical (unpaired) electrons. The van der Waals surface area contributed by atoms with Gasteiger partial charge in [-0.15, -0.1) is 0 Å². The first kappa shape index (κ1) is 21.4. The van der Waals surface area contributed by atoms with E-state index in [1.807, 2.05) is 32.0 Å². The Hall–Kier alpha value is -3.45. The van der Waals surface area contributed by atoms with Gasteiger partial charge in [0.15, 0.2) is 0 Å². The third-order valence-corrected chi connectivity index (χ3v) is 7.85. The fraction of sp³-hybridized carbons (Fsp3) is 0.231. The van der Waals surface area contributed by atoms with Gasteiger partial charge in [0.2, 0.25) is 0 Å². The second-order valence-corrected chi connectivity index (χ2v) is 10.6. The number of hydrogen-bond acceptors (Lipinski definition) is 5. The third-order valence-electron chi connectivity index (χ3n) is 6.47. The Labute approximate surface area is 193 Å². The highest BCUT2D eigenvalue weighted by Crippen LogP contribution is 2.51. The zero-order chi connectivity index (χ0) is 23.3. The normalized spacial score (nSPS) is 21.2. The number of nitrogens with one attached hydrogen (secondary N) is 2. The van der Waals surface area contributed by atoms with E-state index in [0.717, 1.165) is 28.8 Å². The van der Waals surface area contributed by atoms with Gasteiger partial charge in [-0.05, 0) is 85.3 Å². The van der Waals surface area contributed by atoms with Crippen LogP contribution in [0.5, 0.6) is 11.5 Å². The molecule has 1 heterocycles. The van der Waals surface area contributed by atoms with Gasteiger partial charge >= 0.3 is 0 Å². The summed E-state index contributed by atoms with van der Waals surface area (Å²) in [5.74, 6) is 0.201. The monoisotopic (exact) mass is 462 g/mol. The Morgan fingerprint density at radius 1 is 0.939 bits per heavy atom. The Morgan fingerprint density at radius 3 is 2.42 bits per heavy atom. The van der Waals surface area contributed by atoms with Crippen molar-refractivity contribution >= 4 is 21.4 Å². The highest BCUT2D eigenvalue weighted by molar-refractivity contribution is 7.92. The van der Waals surface area contributed by atoms with Gasteiger partial charge in [0.25, 0.3) is 10.0 Å². The summed E-state index contributed by atoms with van der Waals surface area (Å²) in [6.45, 7) is 3.87. The number of sulfonamides is 1. The molecule has 0 amide bonds. The molecular weight excluding hydrogens is 436 g/mol. The van der Waals surface area contributed by atoms with Crippen molar-refractivity contribution in [3.63, 3.8) is 0 Å². The second kappa shape index (κ2) is 7.85. The fourth-order valence-corrected chi connectivity index (χ4v) is 6.17. The molecule has 1 aliphatic carbocycles. The Balaban J connectivity index is 1.50. The van der Waals surface area contributed by atoms with Crippen LogP contribution in [0.25, 0.3) is 0 Å². The van der Waals surface area contributed by atoms with E-state index in [0.29, 0.717) is 11.3 Å². The highest BCUT2D eigenvalue weighted by atomic mass is 32.2. The van der Waals surface area contributed by atoms with Crippen LogP contribution < -0.4 is 10.0 Å². The van der Waals surface area contributed by atoms with Gasteiger partial charge in [-0.3, -0.25) is 4.72 Å². The van der Waals surface area contributed by atoms with E-state index in [1.54, 1.807) is 30.3 Å². The molecule has 3 aromatic carbocycles. The van der Waals surface area contributed by atoms with Crippen LogP contribution in [-0.2, 0) is 10.0 Å². The van der Waals surface area contributed by atoms with Gasteiger partial charge in [0.05, 0.1) is 10.9 Å². The molecule has 0 saturated heterocycles. The molecule has 0 fully saturated rings. The molecule has 0 aromatic heterocycles. The van der Waals surface area contributed by atoms with E-state index in [4.69, 9.17) is 0 Å². The lowest BCUT2D eigenvalue weighted by Crippen LogP contribution is -2.29. The zero-order valence-corrected chi connectivity index (χ0v) is 19.2. The Morgan fingerprint density at radius 2 is 1.70 bits per heavy atom. The molecule has 1 aliphatic heterocycles. The predicted octanol–water partition coefficient (Wildman–Crippen LogP) is 5.34. The molecule has 4 N–H and O–H groups in total. The molecule has 5 rings (SSSR count). The molecule has 0 saturated carbocycles. The largest absolute Gasteiger partial charge is 0.508 e. The van der Waals surface area contributed by atoms with Crippen LogP contribution in [0.2, 0.25) is 0 Å². The summed E-state index contributed by atoms with van der Waals surface area (Å²) < 4.78 is 29.0. The molecule has 2 aliphatic rings. The number of aryl methyl sites for hydroxylation is 2. The van der Waals surface area contributed by atoms with Crippen molar-refractivity contribution < 1.29 is 18.6 Å². The molecule has 0 spiro atoms. The maximum absolute atomic E-state index is 13.2. The highest BCUT2D eigenvalue weighted by Gasteiger charge is 2.39. The number of anilines is 2. The van der Waals surface area contributed by atoms with Gasteiger partial charge in [-0.25, -0.2) is 8.42 Å². The minimum Gasteiger partial charge on any atom is -0.508 e. The van der Waals surface area contributed by atoms with Gasteiger partial charge < -0.3 is 15.5 Å². The smallest absolute Gasteiger partial charge is 0.261 e. The molecule has 7 heteroatoms. The van der Waals surface area contributed by atoms with Crippen LogP contribution in [0.1, 0.15) is 40.6 Å². The average molecular weight is 463 g/mol. The number of hydrogen-bond donors (Lipinski definition) is 4. The summed E-state index contributed by atoms with van der Waals surface area (Å²) in [5, 5.41) is 23.6. The maximum Gasteiger partial charge on any atom is 0.261 e. The predicted molar refractivity (Wildman–Crippen MR) is 129 cm³/mol. The van der Waals surface area contributed by atoms with Crippen molar-refractivity contribution in [2.45, 2.75) is 37.1 Å². The van der Waals surface area contributed by atoms with Crippen molar-refractivity contribution in [1.29, 1.82) is 0 Å². The molecule has 0 bridgehead atoms. The molecule has 3 unspecified atom stereocenters. The lowest BCUT2D eigenvalue weighted by molar-refractivity contribution is 0.398. The van der Waals surface area contributed by atoms with Gasteiger partial charge in [0.1, 0.15) is 11.5 Å². The minimum atomic E-state index is -3.76. The molecule has 170 valence electrons. The van der Waals surface area contributed by atoms with E-state index >= 15 is 0 Å². The first-order chi connectivity index (χ1) is 15.7. The van der Waals surface area contributed by atoms with Gasteiger partial charge in [0, 0.05) is 28.9 Å². The van der Waals surface area contributed by atoms with E-state index < -0.39 is 10.0 Å². The summed E-state index contributed by atoms with van der Waals surface area (Å²) >= 11 is 0. The minimum absolute atomic E-state index is 0.0136. The van der Waals surface area contributed by atoms with Crippen LogP contribution in [0.15, 0.2) is 71.6 Å². The van der Waals surface area contributed by atoms with E-state index in [9.17, 15) is 18.6 Å². The molecule has 6 nitrogen and oxygen atoms in total. The van der Waals surface area contributed by atoms with Gasteiger partial charge in [-0.1, -0.05) is 18.2 Å². The van der Waals surface area contributed by atoms with Crippen molar-refractivity contribution in [2.75, 3.05) is 10.0 Å². The average Bonchev–Trinajstić information content (AvgIpc) is 3.22. The Kier molecular flexibility index (Phi) is 5.09. The van der Waals surface area contributed by atoms with E-state index in [1.165, 1.54) is 6.07 Å².